The van der Waals surface area contributed by atoms with Crippen molar-refractivity contribution in [3.8, 4) is 0 Å². The summed E-state index contributed by atoms with van der Waals surface area (Å²) in [5.74, 6) is 0. The molecule has 0 amide bonds. The van der Waals surface area contributed by atoms with Crippen LogP contribution < -0.4 is 5.73 Å². The third kappa shape index (κ3) is 7.80. The molecule has 0 aromatic heterocycles. The number of hydrogen-bond donors (Lipinski definition) is 2. The molecule has 3 atom stereocenters. The number of rotatable bonds is 11. The van der Waals surface area contributed by atoms with E-state index < -0.39 is 6.10 Å². The fourth-order valence-electron chi connectivity index (χ4n) is 2.51. The average molecular weight is 343 g/mol. The van der Waals surface area contributed by atoms with Crippen LogP contribution in [0.2, 0.25) is 0 Å². The largest absolute Gasteiger partial charge is 0.389 e. The van der Waals surface area contributed by atoms with Gasteiger partial charge in [-0.05, 0) is 30.9 Å². The van der Waals surface area contributed by atoms with E-state index >= 15 is 0 Å². The second-order valence-corrected chi connectivity index (χ2v) is 6.42. The highest BCUT2D eigenvalue weighted by atomic mass is 16.5. The molecule has 136 valence electrons. The normalized spacial score (nSPS) is 14.8. The van der Waals surface area contributed by atoms with Crippen molar-refractivity contribution in [3.63, 3.8) is 0 Å². The fourth-order valence-corrected chi connectivity index (χ4v) is 2.51. The highest BCUT2D eigenvalue weighted by molar-refractivity contribution is 5.14. The van der Waals surface area contributed by atoms with Crippen molar-refractivity contribution in [1.82, 2.24) is 0 Å². The zero-order valence-electron chi connectivity index (χ0n) is 14.9. The van der Waals surface area contributed by atoms with Crippen molar-refractivity contribution in [3.05, 3.63) is 71.8 Å². The highest BCUT2D eigenvalue weighted by Gasteiger charge is 2.16. The summed E-state index contributed by atoms with van der Waals surface area (Å²) in [6.07, 6.45) is 0.948. The summed E-state index contributed by atoms with van der Waals surface area (Å²) in [7, 11) is 0. The standard InChI is InChI=1S/C21H29NO3/c1-17(25-15-19-10-6-3-7-11-19)12-13-20(22)21(23)16-24-14-18-8-4-2-5-9-18/h2-11,17,20-21,23H,12-16,22H2,1H3/t17-,20?,21?/m0/s1. The SMILES string of the molecule is C[C@@H](CCC(N)C(O)COCc1ccccc1)OCc1ccccc1. The maximum atomic E-state index is 10.1. The van der Waals surface area contributed by atoms with Crippen LogP contribution in [0.25, 0.3) is 0 Å². The summed E-state index contributed by atoms with van der Waals surface area (Å²) in [5.41, 5.74) is 8.32. The van der Waals surface area contributed by atoms with Crippen molar-refractivity contribution >= 4 is 0 Å². The van der Waals surface area contributed by atoms with Gasteiger partial charge in [-0.1, -0.05) is 60.7 Å². The van der Waals surface area contributed by atoms with Gasteiger partial charge in [-0.15, -0.1) is 0 Å². The summed E-state index contributed by atoms with van der Waals surface area (Å²) in [4.78, 5) is 0. The Morgan fingerprint density at radius 3 is 2.04 bits per heavy atom. The lowest BCUT2D eigenvalue weighted by atomic mass is 10.0. The predicted octanol–water partition coefficient (Wildman–Crippen LogP) is 3.28. The van der Waals surface area contributed by atoms with Crippen LogP contribution in [0.3, 0.4) is 0 Å². The van der Waals surface area contributed by atoms with Crippen LogP contribution >= 0.6 is 0 Å². The monoisotopic (exact) mass is 343 g/mol. The highest BCUT2D eigenvalue weighted by Crippen LogP contribution is 2.10. The Hall–Kier alpha value is -1.72. The third-order valence-corrected chi connectivity index (χ3v) is 4.18. The second kappa shape index (κ2) is 11.0. The molecule has 2 unspecified atom stereocenters. The molecule has 0 bridgehead atoms. The van der Waals surface area contributed by atoms with Crippen molar-refractivity contribution in [2.75, 3.05) is 6.61 Å². The molecule has 0 saturated heterocycles. The summed E-state index contributed by atoms with van der Waals surface area (Å²) in [6, 6.07) is 19.7. The van der Waals surface area contributed by atoms with E-state index in [4.69, 9.17) is 15.2 Å². The van der Waals surface area contributed by atoms with Gasteiger partial charge in [0.05, 0.1) is 32.0 Å². The van der Waals surface area contributed by atoms with Crippen LogP contribution in [0.15, 0.2) is 60.7 Å². The number of benzene rings is 2. The van der Waals surface area contributed by atoms with Gasteiger partial charge in [0.25, 0.3) is 0 Å². The lowest BCUT2D eigenvalue weighted by Gasteiger charge is -2.21. The van der Waals surface area contributed by atoms with E-state index in [0.717, 1.165) is 17.5 Å². The Morgan fingerprint density at radius 1 is 0.880 bits per heavy atom. The van der Waals surface area contributed by atoms with E-state index in [1.807, 2.05) is 67.6 Å². The van der Waals surface area contributed by atoms with Crippen LogP contribution in [0.5, 0.6) is 0 Å². The fraction of sp³-hybridized carbons (Fsp3) is 0.429. The van der Waals surface area contributed by atoms with Gasteiger partial charge in [0.15, 0.2) is 0 Å². The molecule has 0 fully saturated rings. The maximum Gasteiger partial charge on any atom is 0.0924 e. The Kier molecular flexibility index (Phi) is 8.63. The van der Waals surface area contributed by atoms with E-state index in [-0.39, 0.29) is 18.8 Å². The minimum atomic E-state index is -0.662. The van der Waals surface area contributed by atoms with E-state index in [2.05, 4.69) is 0 Å². The van der Waals surface area contributed by atoms with Crippen molar-refractivity contribution in [1.29, 1.82) is 0 Å². The molecule has 2 rings (SSSR count). The molecule has 0 aliphatic rings. The Balaban J connectivity index is 1.59. The zero-order valence-corrected chi connectivity index (χ0v) is 14.9. The number of aliphatic hydroxyl groups is 1. The van der Waals surface area contributed by atoms with Crippen molar-refractivity contribution < 1.29 is 14.6 Å². The van der Waals surface area contributed by atoms with Gasteiger partial charge in [-0.3, -0.25) is 0 Å². The van der Waals surface area contributed by atoms with E-state index in [1.54, 1.807) is 0 Å². The Bertz CT molecular complexity index is 576. The number of nitrogens with two attached hydrogens (primary N) is 1. The summed E-state index contributed by atoms with van der Waals surface area (Å²) >= 11 is 0. The molecule has 4 heteroatoms. The summed E-state index contributed by atoms with van der Waals surface area (Å²) < 4.78 is 11.4. The lowest BCUT2D eigenvalue weighted by molar-refractivity contribution is 0.00699. The predicted molar refractivity (Wildman–Crippen MR) is 100 cm³/mol. The molecule has 0 aliphatic heterocycles. The third-order valence-electron chi connectivity index (χ3n) is 4.18. The molecule has 4 nitrogen and oxygen atoms in total. The van der Waals surface area contributed by atoms with Crippen LogP contribution in [-0.2, 0) is 22.7 Å². The zero-order chi connectivity index (χ0) is 17.9. The number of hydrogen-bond acceptors (Lipinski definition) is 4. The number of ether oxygens (including phenoxy) is 2. The molecule has 0 heterocycles. The summed E-state index contributed by atoms with van der Waals surface area (Å²) in [5, 5.41) is 10.1. The van der Waals surface area contributed by atoms with Gasteiger partial charge in [-0.25, -0.2) is 0 Å². The van der Waals surface area contributed by atoms with E-state index in [0.29, 0.717) is 19.6 Å². The lowest BCUT2D eigenvalue weighted by Crippen LogP contribution is -2.38. The Labute approximate surface area is 150 Å². The number of aliphatic hydroxyl groups excluding tert-OH is 1. The topological polar surface area (TPSA) is 64.7 Å². The van der Waals surface area contributed by atoms with Crippen LogP contribution in [0, 0.1) is 0 Å². The molecule has 2 aromatic carbocycles. The first kappa shape index (κ1) is 19.6. The molecule has 0 radical (unpaired) electrons. The van der Waals surface area contributed by atoms with Crippen molar-refractivity contribution in [2.24, 2.45) is 5.73 Å². The molecular formula is C21H29NO3. The minimum Gasteiger partial charge on any atom is -0.389 e. The molecule has 3 N–H and O–H groups in total. The van der Waals surface area contributed by atoms with Gasteiger partial charge in [0, 0.05) is 6.04 Å². The van der Waals surface area contributed by atoms with Gasteiger partial charge in [-0.2, -0.15) is 0 Å². The molecule has 0 spiro atoms. The quantitative estimate of drug-likeness (QED) is 0.657. The molecule has 2 aromatic rings. The smallest absolute Gasteiger partial charge is 0.0924 e. The van der Waals surface area contributed by atoms with Gasteiger partial charge < -0.3 is 20.3 Å². The first-order chi connectivity index (χ1) is 12.1. The van der Waals surface area contributed by atoms with Gasteiger partial charge >= 0.3 is 0 Å². The molecular weight excluding hydrogens is 314 g/mol. The van der Waals surface area contributed by atoms with Gasteiger partial charge in [0.1, 0.15) is 0 Å². The van der Waals surface area contributed by atoms with Crippen LogP contribution in [-0.4, -0.2) is 30.0 Å². The average Bonchev–Trinajstić information content (AvgIpc) is 2.66. The molecule has 0 saturated carbocycles. The van der Waals surface area contributed by atoms with Gasteiger partial charge in [0.2, 0.25) is 0 Å². The first-order valence-corrected chi connectivity index (χ1v) is 8.86. The minimum absolute atomic E-state index is 0.101. The van der Waals surface area contributed by atoms with Crippen LogP contribution in [0.1, 0.15) is 30.9 Å². The van der Waals surface area contributed by atoms with E-state index in [9.17, 15) is 5.11 Å². The second-order valence-electron chi connectivity index (χ2n) is 6.42. The summed E-state index contributed by atoms with van der Waals surface area (Å²) in [6.45, 7) is 3.37. The van der Waals surface area contributed by atoms with E-state index in [1.165, 1.54) is 0 Å². The Morgan fingerprint density at radius 2 is 1.44 bits per heavy atom. The van der Waals surface area contributed by atoms with Crippen molar-refractivity contribution in [2.45, 2.75) is 51.2 Å². The molecule has 0 aliphatic carbocycles. The van der Waals surface area contributed by atoms with Crippen LogP contribution in [0.4, 0.5) is 0 Å². The first-order valence-electron chi connectivity index (χ1n) is 8.86. The molecule has 25 heavy (non-hydrogen) atoms. The maximum absolute atomic E-state index is 10.1.